The first kappa shape index (κ1) is 21.1. The molecule has 0 saturated carbocycles. The van der Waals surface area contributed by atoms with Crippen molar-refractivity contribution in [2.45, 2.75) is 17.5 Å². The normalized spacial score (nSPS) is 11.1. The molecule has 2 aromatic carbocycles. The number of hydrogen-bond donors (Lipinski definition) is 0. The summed E-state index contributed by atoms with van der Waals surface area (Å²) in [6.45, 7) is 0.169. The standard InChI is InChI=1S/C20H15Cl2FN4OS2/c1-27-18(9-28-17-7-6-12(23)8-16(17)22)25-26-20(27)30-11-13-10-29-19(24-13)14-4-2-3-5-15(14)21/h2-8,10H,9,11H2,1H3. The molecule has 0 N–H and O–H groups in total. The number of hydrogen-bond acceptors (Lipinski definition) is 6. The molecule has 0 saturated heterocycles. The van der Waals surface area contributed by atoms with Gasteiger partial charge in [-0.2, -0.15) is 0 Å². The second kappa shape index (κ2) is 9.34. The number of thiazole rings is 1. The topological polar surface area (TPSA) is 52.8 Å². The first-order valence-electron chi connectivity index (χ1n) is 8.79. The molecule has 0 unspecified atom stereocenters. The third-order valence-corrected chi connectivity index (χ3v) is 6.78. The van der Waals surface area contributed by atoms with E-state index in [9.17, 15) is 4.39 Å². The lowest BCUT2D eigenvalue weighted by molar-refractivity contribution is 0.290. The second-order valence-corrected chi connectivity index (χ2v) is 8.85. The van der Waals surface area contributed by atoms with Crippen LogP contribution >= 0.6 is 46.3 Å². The van der Waals surface area contributed by atoms with Gasteiger partial charge in [-0.25, -0.2) is 9.37 Å². The van der Waals surface area contributed by atoms with Gasteiger partial charge in [-0.05, 0) is 24.3 Å². The summed E-state index contributed by atoms with van der Waals surface area (Å²) in [5, 5.41) is 12.9. The van der Waals surface area contributed by atoms with E-state index >= 15 is 0 Å². The first-order chi connectivity index (χ1) is 14.5. The van der Waals surface area contributed by atoms with Crippen LogP contribution in [0.15, 0.2) is 53.0 Å². The fourth-order valence-electron chi connectivity index (χ4n) is 2.60. The van der Waals surface area contributed by atoms with Crippen LogP contribution in [0.25, 0.3) is 10.6 Å². The minimum Gasteiger partial charge on any atom is -0.484 e. The Bertz CT molecular complexity index is 1180. The molecule has 0 radical (unpaired) electrons. The quantitative estimate of drug-likeness (QED) is 0.292. The highest BCUT2D eigenvalue weighted by atomic mass is 35.5. The third-order valence-electron chi connectivity index (χ3n) is 4.18. The summed E-state index contributed by atoms with van der Waals surface area (Å²) in [7, 11) is 1.86. The highest BCUT2D eigenvalue weighted by Gasteiger charge is 2.13. The summed E-state index contributed by atoms with van der Waals surface area (Å²) in [5.74, 6) is 1.26. The van der Waals surface area contributed by atoms with Gasteiger partial charge in [-0.15, -0.1) is 21.5 Å². The van der Waals surface area contributed by atoms with Crippen LogP contribution in [-0.4, -0.2) is 19.7 Å². The zero-order chi connectivity index (χ0) is 21.1. The lowest BCUT2D eigenvalue weighted by Gasteiger charge is -2.08. The Kier molecular flexibility index (Phi) is 6.58. The van der Waals surface area contributed by atoms with Crippen LogP contribution in [0.4, 0.5) is 4.39 Å². The van der Waals surface area contributed by atoms with E-state index in [1.54, 1.807) is 11.3 Å². The Balaban J connectivity index is 1.38. The van der Waals surface area contributed by atoms with Gasteiger partial charge in [-0.1, -0.05) is 53.2 Å². The molecular formula is C20H15Cl2FN4OS2. The molecule has 10 heteroatoms. The molecule has 4 aromatic rings. The average molecular weight is 481 g/mol. The van der Waals surface area contributed by atoms with Gasteiger partial charge in [0.15, 0.2) is 11.0 Å². The van der Waals surface area contributed by atoms with Crippen LogP contribution in [0.1, 0.15) is 11.5 Å². The molecule has 0 aliphatic rings. The van der Waals surface area contributed by atoms with E-state index in [0.717, 1.165) is 21.4 Å². The van der Waals surface area contributed by atoms with E-state index < -0.39 is 5.82 Å². The van der Waals surface area contributed by atoms with Crippen molar-refractivity contribution in [3.05, 3.63) is 75.2 Å². The smallest absolute Gasteiger partial charge is 0.191 e. The molecule has 0 aliphatic heterocycles. The highest BCUT2D eigenvalue weighted by Crippen LogP contribution is 2.32. The van der Waals surface area contributed by atoms with Crippen molar-refractivity contribution < 1.29 is 9.13 Å². The van der Waals surface area contributed by atoms with Gasteiger partial charge in [0.05, 0.1) is 15.7 Å². The Morgan fingerprint density at radius 3 is 2.77 bits per heavy atom. The van der Waals surface area contributed by atoms with Crippen molar-refractivity contribution in [2.24, 2.45) is 7.05 Å². The Morgan fingerprint density at radius 1 is 1.13 bits per heavy atom. The molecule has 4 rings (SSSR count). The Morgan fingerprint density at radius 2 is 1.97 bits per heavy atom. The van der Waals surface area contributed by atoms with Gasteiger partial charge < -0.3 is 9.30 Å². The number of benzene rings is 2. The molecule has 0 amide bonds. The largest absolute Gasteiger partial charge is 0.484 e. The molecule has 2 aromatic heterocycles. The minimum absolute atomic E-state index is 0.169. The maximum atomic E-state index is 13.1. The van der Waals surface area contributed by atoms with E-state index in [0.29, 0.717) is 22.3 Å². The van der Waals surface area contributed by atoms with Gasteiger partial charge >= 0.3 is 0 Å². The summed E-state index contributed by atoms with van der Waals surface area (Å²) in [4.78, 5) is 4.67. The van der Waals surface area contributed by atoms with E-state index in [4.69, 9.17) is 27.9 Å². The lowest BCUT2D eigenvalue weighted by atomic mass is 10.2. The number of halogens is 3. The van der Waals surface area contributed by atoms with Gasteiger partial charge in [0.1, 0.15) is 23.2 Å². The van der Waals surface area contributed by atoms with Crippen molar-refractivity contribution in [3.63, 3.8) is 0 Å². The van der Waals surface area contributed by atoms with Gasteiger partial charge in [0.2, 0.25) is 0 Å². The van der Waals surface area contributed by atoms with Crippen LogP contribution in [-0.2, 0) is 19.4 Å². The first-order valence-corrected chi connectivity index (χ1v) is 11.4. The monoisotopic (exact) mass is 480 g/mol. The van der Waals surface area contributed by atoms with Crippen LogP contribution < -0.4 is 4.74 Å². The molecule has 0 aliphatic carbocycles. The molecule has 2 heterocycles. The molecule has 0 atom stereocenters. The average Bonchev–Trinajstić information content (AvgIpc) is 3.33. The van der Waals surface area contributed by atoms with Crippen LogP contribution in [0.3, 0.4) is 0 Å². The van der Waals surface area contributed by atoms with Gasteiger partial charge in [0.25, 0.3) is 0 Å². The fraction of sp³-hybridized carbons (Fsp3) is 0.150. The number of aromatic nitrogens is 4. The van der Waals surface area contributed by atoms with Gasteiger partial charge in [-0.3, -0.25) is 0 Å². The lowest BCUT2D eigenvalue weighted by Crippen LogP contribution is -2.04. The Hall–Kier alpha value is -2.13. The molecular weight excluding hydrogens is 466 g/mol. The molecule has 5 nitrogen and oxygen atoms in total. The molecule has 154 valence electrons. The zero-order valence-electron chi connectivity index (χ0n) is 15.7. The van der Waals surface area contributed by atoms with Crippen molar-refractivity contribution in [3.8, 4) is 16.3 Å². The zero-order valence-corrected chi connectivity index (χ0v) is 18.8. The van der Waals surface area contributed by atoms with E-state index in [1.807, 2.05) is 41.3 Å². The van der Waals surface area contributed by atoms with Crippen molar-refractivity contribution in [2.75, 3.05) is 0 Å². The van der Waals surface area contributed by atoms with E-state index in [1.165, 1.54) is 30.0 Å². The minimum atomic E-state index is -0.413. The van der Waals surface area contributed by atoms with Crippen molar-refractivity contribution in [1.29, 1.82) is 0 Å². The van der Waals surface area contributed by atoms with Gasteiger partial charge in [0, 0.05) is 23.7 Å². The van der Waals surface area contributed by atoms with Crippen molar-refractivity contribution >= 4 is 46.3 Å². The van der Waals surface area contributed by atoms with E-state index in [-0.39, 0.29) is 11.6 Å². The number of rotatable bonds is 7. The van der Waals surface area contributed by atoms with Crippen LogP contribution in [0.2, 0.25) is 10.0 Å². The second-order valence-electron chi connectivity index (χ2n) is 6.23. The molecule has 0 spiro atoms. The van der Waals surface area contributed by atoms with Crippen molar-refractivity contribution in [1.82, 2.24) is 19.7 Å². The maximum absolute atomic E-state index is 13.1. The SMILES string of the molecule is Cn1c(COc2ccc(F)cc2Cl)nnc1SCc1csc(-c2ccccc2Cl)n1. The molecule has 0 bridgehead atoms. The molecule has 30 heavy (non-hydrogen) atoms. The number of nitrogens with zero attached hydrogens (tertiary/aromatic N) is 4. The summed E-state index contributed by atoms with van der Waals surface area (Å²) >= 11 is 15.3. The number of ether oxygens (including phenoxy) is 1. The maximum Gasteiger partial charge on any atom is 0.191 e. The summed E-state index contributed by atoms with van der Waals surface area (Å²) < 4.78 is 20.6. The highest BCUT2D eigenvalue weighted by molar-refractivity contribution is 7.98. The summed E-state index contributed by atoms with van der Waals surface area (Å²) in [5.41, 5.74) is 1.87. The van der Waals surface area contributed by atoms with Crippen LogP contribution in [0, 0.1) is 5.82 Å². The number of thioether (sulfide) groups is 1. The predicted octanol–water partition coefficient (Wildman–Crippen LogP) is 6.26. The fourth-order valence-corrected chi connectivity index (χ4v) is 4.89. The summed E-state index contributed by atoms with van der Waals surface area (Å²) in [6, 6.07) is 11.6. The molecule has 0 fully saturated rings. The van der Waals surface area contributed by atoms with E-state index in [2.05, 4.69) is 15.2 Å². The third kappa shape index (κ3) is 4.78. The Labute approximate surface area is 190 Å². The van der Waals surface area contributed by atoms with Crippen LogP contribution in [0.5, 0.6) is 5.75 Å². The predicted molar refractivity (Wildman–Crippen MR) is 119 cm³/mol. The summed E-state index contributed by atoms with van der Waals surface area (Å²) in [6.07, 6.45) is 0.